The Labute approximate surface area is 104 Å². The van der Waals surface area contributed by atoms with Crippen LogP contribution in [0.4, 0.5) is 4.79 Å². The van der Waals surface area contributed by atoms with E-state index in [4.69, 9.17) is 5.73 Å². The van der Waals surface area contributed by atoms with Crippen LogP contribution in [0, 0.1) is 6.42 Å². The molecule has 0 saturated carbocycles. The molecular weight excluding hydrogens is 228 g/mol. The second kappa shape index (κ2) is 3.98. The summed E-state index contributed by atoms with van der Waals surface area (Å²) in [7, 11) is 0. The molecule has 1 heterocycles. The largest absolute Gasteiger partial charge is 0.351 e. The molecule has 1 aromatic carbocycles. The summed E-state index contributed by atoms with van der Waals surface area (Å²) in [6, 6.07) is 4.82. The van der Waals surface area contributed by atoms with Gasteiger partial charge in [0.1, 0.15) is 6.29 Å². The molecule has 0 unspecified atom stereocenters. The summed E-state index contributed by atoms with van der Waals surface area (Å²) in [5.41, 5.74) is 8.87. The van der Waals surface area contributed by atoms with Crippen molar-refractivity contribution in [1.82, 2.24) is 4.57 Å². The van der Waals surface area contributed by atoms with Gasteiger partial charge in [0.2, 0.25) is 0 Å². The van der Waals surface area contributed by atoms with Crippen molar-refractivity contribution in [3.05, 3.63) is 41.4 Å². The summed E-state index contributed by atoms with van der Waals surface area (Å²) in [6.07, 6.45) is 6.38. The van der Waals surface area contributed by atoms with Gasteiger partial charge in [-0.05, 0) is 49.4 Å². The van der Waals surface area contributed by atoms with Crippen LogP contribution in [0.25, 0.3) is 10.9 Å². The van der Waals surface area contributed by atoms with E-state index in [0.29, 0.717) is 12.0 Å². The number of fused-ring (bicyclic) bond motifs is 3. The zero-order valence-corrected chi connectivity index (χ0v) is 9.77. The van der Waals surface area contributed by atoms with Crippen molar-refractivity contribution in [1.29, 1.82) is 0 Å². The minimum absolute atomic E-state index is 0.470. The average Bonchev–Trinajstić information content (AvgIpc) is 2.72. The fraction of sp³-hybridized carbons (Fsp3) is 0.214. The van der Waals surface area contributed by atoms with Crippen molar-refractivity contribution in [2.45, 2.75) is 19.3 Å². The number of rotatable bonds is 1. The highest BCUT2D eigenvalue weighted by molar-refractivity contribution is 5.97. The number of nitrogens with zero attached hydrogens (tertiary/aromatic N) is 1. The summed E-state index contributed by atoms with van der Waals surface area (Å²) in [6.45, 7) is 0. The Morgan fingerprint density at radius 1 is 1.44 bits per heavy atom. The predicted octanol–water partition coefficient (Wildman–Crippen LogP) is 1.95. The van der Waals surface area contributed by atoms with E-state index in [1.54, 1.807) is 16.7 Å². The van der Waals surface area contributed by atoms with E-state index in [-0.39, 0.29) is 0 Å². The molecule has 18 heavy (non-hydrogen) atoms. The van der Waals surface area contributed by atoms with Crippen LogP contribution >= 0.6 is 0 Å². The minimum Gasteiger partial charge on any atom is -0.351 e. The zero-order valence-electron chi connectivity index (χ0n) is 9.77. The SMILES string of the molecule is NC(=O)n1c2c(c3cc(C=O)ccc31)C[C]CC2. The number of carbonyl (C=O) groups is 2. The van der Waals surface area contributed by atoms with Gasteiger partial charge in [-0.2, -0.15) is 0 Å². The van der Waals surface area contributed by atoms with Gasteiger partial charge < -0.3 is 5.73 Å². The van der Waals surface area contributed by atoms with Crippen molar-refractivity contribution >= 4 is 23.2 Å². The zero-order chi connectivity index (χ0) is 12.7. The first-order chi connectivity index (χ1) is 8.72. The van der Waals surface area contributed by atoms with Crippen molar-refractivity contribution in [3.63, 3.8) is 0 Å². The Bertz CT molecular complexity index is 655. The fourth-order valence-corrected chi connectivity index (χ4v) is 2.63. The maximum absolute atomic E-state index is 11.6. The molecule has 0 saturated heterocycles. The van der Waals surface area contributed by atoms with Crippen LogP contribution in [0.3, 0.4) is 0 Å². The molecule has 0 spiro atoms. The predicted molar refractivity (Wildman–Crippen MR) is 67.6 cm³/mol. The Morgan fingerprint density at radius 2 is 2.28 bits per heavy atom. The van der Waals surface area contributed by atoms with E-state index in [2.05, 4.69) is 6.42 Å². The second-order valence-corrected chi connectivity index (χ2v) is 4.42. The first kappa shape index (κ1) is 11.0. The maximum Gasteiger partial charge on any atom is 0.323 e. The smallest absolute Gasteiger partial charge is 0.323 e. The minimum atomic E-state index is -0.470. The Kier molecular flexibility index (Phi) is 2.44. The van der Waals surface area contributed by atoms with Crippen LogP contribution in [0.5, 0.6) is 0 Å². The number of hydrogen-bond acceptors (Lipinski definition) is 2. The Balaban J connectivity index is 2.39. The summed E-state index contributed by atoms with van der Waals surface area (Å²) < 4.78 is 1.56. The molecule has 2 N–H and O–H groups in total. The van der Waals surface area contributed by atoms with Gasteiger partial charge in [0, 0.05) is 16.6 Å². The molecule has 1 aliphatic rings. The summed E-state index contributed by atoms with van der Waals surface area (Å²) in [5, 5.41) is 0.931. The number of carbonyl (C=O) groups excluding carboxylic acids is 2. The van der Waals surface area contributed by atoms with E-state index in [9.17, 15) is 9.59 Å². The highest BCUT2D eigenvalue weighted by Crippen LogP contribution is 2.32. The van der Waals surface area contributed by atoms with E-state index in [0.717, 1.165) is 41.3 Å². The molecular formula is C14H12N2O2. The molecule has 1 amide bonds. The van der Waals surface area contributed by atoms with Crippen LogP contribution < -0.4 is 5.73 Å². The molecule has 1 aromatic heterocycles. The van der Waals surface area contributed by atoms with Crippen LogP contribution in [-0.2, 0) is 12.8 Å². The number of primary amides is 1. The standard InChI is InChI=1S/C14H12N2O2/c15-14(18)16-12-4-2-1-3-10(12)11-7-9(8-17)5-6-13(11)16/h5-8H,2-4H2,(H2,15,18). The van der Waals surface area contributed by atoms with Crippen LogP contribution in [0.1, 0.15) is 28.0 Å². The normalized spacial score (nSPS) is 14.4. The molecule has 2 aromatic rings. The molecule has 2 radical (unpaired) electrons. The van der Waals surface area contributed by atoms with Crippen molar-refractivity contribution in [2.75, 3.05) is 0 Å². The number of aromatic nitrogens is 1. The van der Waals surface area contributed by atoms with E-state index in [1.807, 2.05) is 6.07 Å². The Morgan fingerprint density at radius 3 is 3.00 bits per heavy atom. The van der Waals surface area contributed by atoms with Gasteiger partial charge in [0.05, 0.1) is 5.52 Å². The molecule has 0 atom stereocenters. The second-order valence-electron chi connectivity index (χ2n) is 4.42. The first-order valence-corrected chi connectivity index (χ1v) is 5.84. The molecule has 90 valence electrons. The van der Waals surface area contributed by atoms with Crippen molar-refractivity contribution in [2.24, 2.45) is 5.73 Å². The highest BCUT2D eigenvalue weighted by atomic mass is 16.2. The summed E-state index contributed by atoms with van der Waals surface area (Å²) >= 11 is 0. The van der Waals surface area contributed by atoms with Gasteiger partial charge in [0.15, 0.2) is 0 Å². The lowest BCUT2D eigenvalue weighted by Crippen LogP contribution is -2.22. The number of aldehydes is 1. The van der Waals surface area contributed by atoms with Gasteiger partial charge in [-0.25, -0.2) is 4.79 Å². The van der Waals surface area contributed by atoms with Gasteiger partial charge in [-0.1, -0.05) is 0 Å². The van der Waals surface area contributed by atoms with E-state index >= 15 is 0 Å². The van der Waals surface area contributed by atoms with E-state index < -0.39 is 6.03 Å². The Hall–Kier alpha value is -2.10. The van der Waals surface area contributed by atoms with Gasteiger partial charge >= 0.3 is 6.03 Å². The molecule has 0 bridgehead atoms. The van der Waals surface area contributed by atoms with Crippen LogP contribution in [-0.4, -0.2) is 16.9 Å². The average molecular weight is 240 g/mol. The lowest BCUT2D eigenvalue weighted by Gasteiger charge is -2.12. The molecule has 1 aliphatic carbocycles. The van der Waals surface area contributed by atoms with Crippen LogP contribution in [0.15, 0.2) is 18.2 Å². The first-order valence-electron chi connectivity index (χ1n) is 5.84. The van der Waals surface area contributed by atoms with E-state index in [1.165, 1.54) is 0 Å². The van der Waals surface area contributed by atoms with Gasteiger partial charge in [0.25, 0.3) is 0 Å². The fourth-order valence-electron chi connectivity index (χ4n) is 2.63. The molecule has 0 fully saturated rings. The van der Waals surface area contributed by atoms with Gasteiger partial charge in [-0.3, -0.25) is 9.36 Å². The summed E-state index contributed by atoms with van der Waals surface area (Å²) in [5.74, 6) is 0. The third kappa shape index (κ3) is 1.45. The maximum atomic E-state index is 11.6. The van der Waals surface area contributed by atoms with Crippen molar-refractivity contribution in [3.8, 4) is 0 Å². The number of nitrogens with two attached hydrogens (primary N) is 1. The van der Waals surface area contributed by atoms with Crippen LogP contribution in [0.2, 0.25) is 0 Å². The molecule has 0 aliphatic heterocycles. The molecule has 3 rings (SSSR count). The number of hydrogen-bond donors (Lipinski definition) is 1. The molecule has 4 heteroatoms. The topological polar surface area (TPSA) is 65.1 Å². The number of benzene rings is 1. The van der Waals surface area contributed by atoms with Gasteiger partial charge in [-0.15, -0.1) is 0 Å². The number of amides is 1. The molecule has 4 nitrogen and oxygen atoms in total. The monoisotopic (exact) mass is 240 g/mol. The lowest BCUT2D eigenvalue weighted by atomic mass is 9.95. The lowest BCUT2D eigenvalue weighted by molar-refractivity contribution is 0.112. The quantitative estimate of drug-likeness (QED) is 0.774. The third-order valence-corrected chi connectivity index (χ3v) is 3.40. The summed E-state index contributed by atoms with van der Waals surface area (Å²) in [4.78, 5) is 22.4. The third-order valence-electron chi connectivity index (χ3n) is 3.40. The highest BCUT2D eigenvalue weighted by Gasteiger charge is 2.22. The van der Waals surface area contributed by atoms with Crippen molar-refractivity contribution < 1.29 is 9.59 Å².